The maximum Gasteiger partial charge on any atom is 0.0315 e. The van der Waals surface area contributed by atoms with E-state index < -0.39 is 0 Å². The first-order valence-corrected chi connectivity index (χ1v) is 6.65. The Hall–Kier alpha value is -0.930. The van der Waals surface area contributed by atoms with Crippen LogP contribution in [0, 0.1) is 6.92 Å². The van der Waals surface area contributed by atoms with Crippen LogP contribution >= 0.6 is 0 Å². The van der Waals surface area contributed by atoms with E-state index in [9.17, 15) is 0 Å². The van der Waals surface area contributed by atoms with Crippen molar-refractivity contribution in [3.05, 3.63) is 29.6 Å². The molecular formula is C14H23N3. The van der Waals surface area contributed by atoms with E-state index in [-0.39, 0.29) is 0 Å². The monoisotopic (exact) mass is 233 g/mol. The van der Waals surface area contributed by atoms with Gasteiger partial charge in [0.1, 0.15) is 0 Å². The lowest BCUT2D eigenvalue weighted by molar-refractivity contribution is 0.281. The third-order valence-electron chi connectivity index (χ3n) is 3.69. The number of hydrogen-bond acceptors (Lipinski definition) is 3. The molecule has 1 fully saturated rings. The summed E-state index contributed by atoms with van der Waals surface area (Å²) in [5.41, 5.74) is 2.71. The van der Waals surface area contributed by atoms with E-state index in [1.54, 1.807) is 0 Å². The van der Waals surface area contributed by atoms with Gasteiger partial charge in [0.05, 0.1) is 0 Å². The van der Waals surface area contributed by atoms with Crippen molar-refractivity contribution in [2.75, 3.05) is 19.6 Å². The molecule has 17 heavy (non-hydrogen) atoms. The highest BCUT2D eigenvalue weighted by Crippen LogP contribution is 2.11. The van der Waals surface area contributed by atoms with E-state index in [2.05, 4.69) is 35.1 Å². The maximum atomic E-state index is 4.22. The highest BCUT2D eigenvalue weighted by Gasteiger charge is 2.15. The van der Waals surface area contributed by atoms with E-state index in [4.69, 9.17) is 0 Å². The van der Waals surface area contributed by atoms with Crippen LogP contribution in [0.4, 0.5) is 0 Å². The molecule has 1 aromatic heterocycles. The van der Waals surface area contributed by atoms with Crippen molar-refractivity contribution in [2.45, 2.75) is 39.3 Å². The van der Waals surface area contributed by atoms with E-state index in [1.807, 2.05) is 12.4 Å². The molecule has 0 radical (unpaired) electrons. The van der Waals surface area contributed by atoms with E-state index in [0.717, 1.165) is 19.6 Å². The van der Waals surface area contributed by atoms with Crippen molar-refractivity contribution in [3.63, 3.8) is 0 Å². The van der Waals surface area contributed by atoms with Crippen molar-refractivity contribution < 1.29 is 0 Å². The predicted octanol–water partition coefficient (Wildman–Crippen LogP) is 1.96. The van der Waals surface area contributed by atoms with Gasteiger partial charge in [0.15, 0.2) is 0 Å². The van der Waals surface area contributed by atoms with Crippen LogP contribution in [0.15, 0.2) is 18.5 Å². The second-order valence-electron chi connectivity index (χ2n) is 4.93. The molecule has 0 amide bonds. The number of pyridine rings is 1. The molecule has 1 saturated heterocycles. The lowest BCUT2D eigenvalue weighted by atomic mass is 10.1. The number of rotatable bonds is 3. The lowest BCUT2D eigenvalue weighted by Gasteiger charge is -2.20. The van der Waals surface area contributed by atoms with Gasteiger partial charge in [-0.2, -0.15) is 0 Å². The summed E-state index contributed by atoms with van der Waals surface area (Å²) in [4.78, 5) is 6.76. The Morgan fingerprint density at radius 1 is 1.47 bits per heavy atom. The fourth-order valence-corrected chi connectivity index (χ4v) is 2.39. The zero-order valence-corrected chi connectivity index (χ0v) is 10.9. The van der Waals surface area contributed by atoms with Gasteiger partial charge in [0.2, 0.25) is 0 Å². The SMILES string of the molecule is CCC1CCN(Cc2cnccc2C)CCN1. The minimum atomic E-state index is 0.704. The Labute approximate surface area is 104 Å². The summed E-state index contributed by atoms with van der Waals surface area (Å²) in [5, 5.41) is 3.60. The van der Waals surface area contributed by atoms with Crippen LogP contribution < -0.4 is 5.32 Å². The predicted molar refractivity (Wildman–Crippen MR) is 70.9 cm³/mol. The summed E-state index contributed by atoms with van der Waals surface area (Å²) in [7, 11) is 0. The van der Waals surface area contributed by atoms with Gasteiger partial charge in [0.25, 0.3) is 0 Å². The largest absolute Gasteiger partial charge is 0.313 e. The molecule has 1 aliphatic rings. The molecular weight excluding hydrogens is 210 g/mol. The standard InChI is InChI=1S/C14H23N3/c1-3-14-5-8-17(9-7-16-14)11-13-10-15-6-4-12(13)2/h4,6,10,14,16H,3,5,7-9,11H2,1-2H3. The van der Waals surface area contributed by atoms with Crippen molar-refractivity contribution >= 4 is 0 Å². The van der Waals surface area contributed by atoms with Gasteiger partial charge in [0, 0.05) is 44.6 Å². The van der Waals surface area contributed by atoms with Crippen molar-refractivity contribution in [2.24, 2.45) is 0 Å². The van der Waals surface area contributed by atoms with Gasteiger partial charge in [-0.3, -0.25) is 9.88 Å². The first-order valence-electron chi connectivity index (χ1n) is 6.65. The van der Waals surface area contributed by atoms with Crippen LogP contribution in [0.3, 0.4) is 0 Å². The fraction of sp³-hybridized carbons (Fsp3) is 0.643. The number of aromatic nitrogens is 1. The normalized spacial score (nSPS) is 22.4. The first-order chi connectivity index (χ1) is 8.29. The van der Waals surface area contributed by atoms with Crippen LogP contribution in [0.5, 0.6) is 0 Å². The third-order valence-corrected chi connectivity index (χ3v) is 3.69. The number of hydrogen-bond donors (Lipinski definition) is 1. The van der Waals surface area contributed by atoms with Crippen LogP contribution in [-0.4, -0.2) is 35.6 Å². The minimum Gasteiger partial charge on any atom is -0.313 e. The Balaban J connectivity index is 1.93. The Morgan fingerprint density at radius 3 is 3.12 bits per heavy atom. The molecule has 3 heteroatoms. The van der Waals surface area contributed by atoms with Crippen molar-refractivity contribution in [1.82, 2.24) is 15.2 Å². The maximum absolute atomic E-state index is 4.22. The van der Waals surface area contributed by atoms with Gasteiger partial charge < -0.3 is 5.32 Å². The van der Waals surface area contributed by atoms with Gasteiger partial charge in [-0.25, -0.2) is 0 Å². The minimum absolute atomic E-state index is 0.704. The average molecular weight is 233 g/mol. The quantitative estimate of drug-likeness (QED) is 0.865. The van der Waals surface area contributed by atoms with Crippen molar-refractivity contribution in [3.8, 4) is 0 Å². The highest BCUT2D eigenvalue weighted by molar-refractivity contribution is 5.21. The summed E-state index contributed by atoms with van der Waals surface area (Å²) < 4.78 is 0. The number of nitrogens with one attached hydrogen (secondary N) is 1. The number of nitrogens with zero attached hydrogens (tertiary/aromatic N) is 2. The molecule has 1 aromatic rings. The van der Waals surface area contributed by atoms with E-state index in [0.29, 0.717) is 6.04 Å². The Kier molecular flexibility index (Phi) is 4.51. The molecule has 0 saturated carbocycles. The van der Waals surface area contributed by atoms with E-state index in [1.165, 1.54) is 30.5 Å². The molecule has 2 heterocycles. The molecule has 0 aliphatic carbocycles. The van der Waals surface area contributed by atoms with Crippen LogP contribution in [0.1, 0.15) is 30.9 Å². The first kappa shape index (κ1) is 12.5. The van der Waals surface area contributed by atoms with Gasteiger partial charge in [-0.15, -0.1) is 0 Å². The molecule has 0 bridgehead atoms. The van der Waals surface area contributed by atoms with Gasteiger partial charge >= 0.3 is 0 Å². The zero-order chi connectivity index (χ0) is 12.1. The van der Waals surface area contributed by atoms with Crippen LogP contribution in [-0.2, 0) is 6.54 Å². The topological polar surface area (TPSA) is 28.2 Å². The molecule has 0 spiro atoms. The Morgan fingerprint density at radius 2 is 2.35 bits per heavy atom. The highest BCUT2D eigenvalue weighted by atomic mass is 15.2. The molecule has 0 aromatic carbocycles. The summed E-state index contributed by atoms with van der Waals surface area (Å²) in [6.07, 6.45) is 6.37. The van der Waals surface area contributed by atoms with Gasteiger partial charge in [-0.1, -0.05) is 6.92 Å². The molecule has 1 atom stereocenters. The second kappa shape index (κ2) is 6.12. The summed E-state index contributed by atoms with van der Waals surface area (Å²) >= 11 is 0. The Bertz CT molecular complexity index is 351. The molecule has 1 unspecified atom stereocenters. The third kappa shape index (κ3) is 3.51. The summed E-state index contributed by atoms with van der Waals surface area (Å²) in [5.74, 6) is 0. The average Bonchev–Trinajstić information content (AvgIpc) is 2.57. The second-order valence-corrected chi connectivity index (χ2v) is 4.93. The molecule has 2 rings (SSSR count). The zero-order valence-electron chi connectivity index (χ0n) is 10.9. The number of aryl methyl sites for hydroxylation is 1. The fourth-order valence-electron chi connectivity index (χ4n) is 2.39. The lowest BCUT2D eigenvalue weighted by Crippen LogP contribution is -2.30. The molecule has 1 aliphatic heterocycles. The molecule has 94 valence electrons. The van der Waals surface area contributed by atoms with E-state index >= 15 is 0 Å². The summed E-state index contributed by atoms with van der Waals surface area (Å²) in [6, 6.07) is 2.80. The smallest absolute Gasteiger partial charge is 0.0315 e. The van der Waals surface area contributed by atoms with Crippen LogP contribution in [0.2, 0.25) is 0 Å². The molecule has 1 N–H and O–H groups in total. The van der Waals surface area contributed by atoms with Crippen molar-refractivity contribution in [1.29, 1.82) is 0 Å². The molecule has 3 nitrogen and oxygen atoms in total. The summed E-state index contributed by atoms with van der Waals surface area (Å²) in [6.45, 7) is 8.92. The van der Waals surface area contributed by atoms with Crippen LogP contribution in [0.25, 0.3) is 0 Å². The van der Waals surface area contributed by atoms with Gasteiger partial charge in [-0.05, 0) is 37.0 Å².